The average molecular weight is 245 g/mol. The lowest BCUT2D eigenvalue weighted by atomic mass is 10.0. The number of benzene rings is 1. The van der Waals surface area contributed by atoms with Gasteiger partial charge in [0.1, 0.15) is 0 Å². The molecule has 3 rings (SSSR count). The van der Waals surface area contributed by atoms with Gasteiger partial charge in [-0.1, -0.05) is 31.7 Å². The number of rotatable bonds is 1. The Kier molecular flexibility index (Phi) is 3.15. The zero-order chi connectivity index (χ0) is 11.7. The third-order valence-corrected chi connectivity index (χ3v) is 4.95. The Morgan fingerprint density at radius 3 is 2.65 bits per heavy atom. The summed E-state index contributed by atoms with van der Waals surface area (Å²) in [6.07, 6.45) is 8.30. The minimum atomic E-state index is 0.732. The van der Waals surface area contributed by atoms with Crippen LogP contribution < -0.4 is 0 Å². The molecule has 2 heteroatoms. The van der Waals surface area contributed by atoms with Crippen molar-refractivity contribution in [1.29, 1.82) is 0 Å². The van der Waals surface area contributed by atoms with Crippen molar-refractivity contribution in [3.8, 4) is 0 Å². The second-order valence-corrected chi connectivity index (χ2v) is 6.27. The van der Waals surface area contributed by atoms with Gasteiger partial charge in [-0.05, 0) is 37.5 Å². The van der Waals surface area contributed by atoms with Gasteiger partial charge in [-0.15, -0.1) is 11.3 Å². The molecule has 1 aromatic carbocycles. The molecule has 0 saturated heterocycles. The molecule has 1 aliphatic rings. The van der Waals surface area contributed by atoms with E-state index in [0.29, 0.717) is 0 Å². The fourth-order valence-electron chi connectivity index (χ4n) is 2.75. The predicted octanol–water partition coefficient (Wildman–Crippen LogP) is 5.04. The first kappa shape index (κ1) is 11.2. The van der Waals surface area contributed by atoms with Gasteiger partial charge >= 0.3 is 0 Å². The molecule has 0 N–H and O–H groups in total. The number of fused-ring (bicyclic) bond motifs is 1. The van der Waals surface area contributed by atoms with Gasteiger partial charge in [-0.25, -0.2) is 4.98 Å². The summed E-state index contributed by atoms with van der Waals surface area (Å²) in [4.78, 5) is 4.84. The zero-order valence-corrected chi connectivity index (χ0v) is 11.2. The van der Waals surface area contributed by atoms with Crippen LogP contribution in [0.25, 0.3) is 10.2 Å². The lowest BCUT2D eigenvalue weighted by Crippen LogP contribution is -1.95. The topological polar surface area (TPSA) is 12.9 Å². The maximum Gasteiger partial charge on any atom is 0.0969 e. The fourth-order valence-corrected chi connectivity index (χ4v) is 3.99. The standard InChI is InChI=1S/C15H19NS/c1-11-8-9-13-14(10-11)17-15(16-13)12-6-4-2-3-5-7-12/h8-10,12H,2-7H2,1H3. The van der Waals surface area contributed by atoms with Gasteiger partial charge in [0.05, 0.1) is 15.2 Å². The molecule has 1 heterocycles. The molecule has 0 amide bonds. The summed E-state index contributed by atoms with van der Waals surface area (Å²) < 4.78 is 1.37. The van der Waals surface area contributed by atoms with E-state index in [9.17, 15) is 0 Å². The number of nitrogens with zero attached hydrogens (tertiary/aromatic N) is 1. The fraction of sp³-hybridized carbons (Fsp3) is 0.533. The van der Waals surface area contributed by atoms with Crippen LogP contribution in [0.2, 0.25) is 0 Å². The van der Waals surface area contributed by atoms with Crippen molar-refractivity contribution in [3.63, 3.8) is 0 Å². The van der Waals surface area contributed by atoms with Crippen LogP contribution in [0.3, 0.4) is 0 Å². The van der Waals surface area contributed by atoms with Gasteiger partial charge in [-0.3, -0.25) is 0 Å². The Bertz CT molecular complexity index is 507. The molecule has 0 aliphatic heterocycles. The number of aromatic nitrogens is 1. The summed E-state index contributed by atoms with van der Waals surface area (Å²) in [7, 11) is 0. The van der Waals surface area contributed by atoms with Crippen LogP contribution in [0.4, 0.5) is 0 Å². The Labute approximate surface area is 107 Å². The Hall–Kier alpha value is -0.890. The molecule has 1 saturated carbocycles. The molecule has 1 aromatic heterocycles. The maximum atomic E-state index is 4.84. The van der Waals surface area contributed by atoms with Crippen molar-refractivity contribution in [3.05, 3.63) is 28.8 Å². The van der Waals surface area contributed by atoms with Crippen molar-refractivity contribution < 1.29 is 0 Å². The largest absolute Gasteiger partial charge is 0.241 e. The highest BCUT2D eigenvalue weighted by molar-refractivity contribution is 7.18. The second-order valence-electron chi connectivity index (χ2n) is 5.21. The summed E-state index contributed by atoms with van der Waals surface area (Å²) in [6, 6.07) is 6.60. The van der Waals surface area contributed by atoms with Crippen molar-refractivity contribution >= 4 is 21.6 Å². The lowest BCUT2D eigenvalue weighted by Gasteiger charge is -2.09. The molecular formula is C15H19NS. The molecular weight excluding hydrogens is 226 g/mol. The van der Waals surface area contributed by atoms with E-state index in [2.05, 4.69) is 25.1 Å². The van der Waals surface area contributed by atoms with Crippen molar-refractivity contribution in [2.45, 2.75) is 51.4 Å². The molecule has 90 valence electrons. The van der Waals surface area contributed by atoms with E-state index in [0.717, 1.165) is 5.92 Å². The molecule has 0 spiro atoms. The van der Waals surface area contributed by atoms with Crippen LogP contribution in [0.15, 0.2) is 18.2 Å². The Balaban J connectivity index is 1.93. The van der Waals surface area contributed by atoms with Crippen molar-refractivity contribution in [2.24, 2.45) is 0 Å². The maximum absolute atomic E-state index is 4.84. The lowest BCUT2D eigenvalue weighted by molar-refractivity contribution is 0.590. The number of aryl methyl sites for hydroxylation is 1. The molecule has 1 fully saturated rings. The van der Waals surface area contributed by atoms with Crippen LogP contribution in [0.1, 0.15) is 55.0 Å². The summed E-state index contributed by atoms with van der Waals surface area (Å²) in [6.45, 7) is 2.16. The molecule has 2 aromatic rings. The first-order valence-electron chi connectivity index (χ1n) is 6.70. The van der Waals surface area contributed by atoms with Crippen molar-refractivity contribution in [2.75, 3.05) is 0 Å². The number of hydrogen-bond acceptors (Lipinski definition) is 2. The Morgan fingerprint density at radius 1 is 1.12 bits per heavy atom. The van der Waals surface area contributed by atoms with E-state index in [1.807, 2.05) is 11.3 Å². The molecule has 0 bridgehead atoms. The van der Waals surface area contributed by atoms with Crippen LogP contribution in [-0.4, -0.2) is 4.98 Å². The van der Waals surface area contributed by atoms with Gasteiger partial charge in [0.2, 0.25) is 0 Å². The quantitative estimate of drug-likeness (QED) is 0.641. The van der Waals surface area contributed by atoms with E-state index in [-0.39, 0.29) is 0 Å². The summed E-state index contributed by atoms with van der Waals surface area (Å²) in [5.74, 6) is 0.732. The predicted molar refractivity (Wildman–Crippen MR) is 74.8 cm³/mol. The highest BCUT2D eigenvalue weighted by Gasteiger charge is 2.18. The minimum Gasteiger partial charge on any atom is -0.241 e. The highest BCUT2D eigenvalue weighted by atomic mass is 32.1. The summed E-state index contributed by atoms with van der Waals surface area (Å²) in [5, 5.41) is 1.38. The molecule has 0 atom stereocenters. The number of thiazole rings is 1. The van der Waals surface area contributed by atoms with E-state index in [1.54, 1.807) is 0 Å². The van der Waals surface area contributed by atoms with E-state index < -0.39 is 0 Å². The molecule has 1 aliphatic carbocycles. The first-order valence-corrected chi connectivity index (χ1v) is 7.52. The Morgan fingerprint density at radius 2 is 1.88 bits per heavy atom. The van der Waals surface area contributed by atoms with Crippen LogP contribution in [0.5, 0.6) is 0 Å². The third-order valence-electron chi connectivity index (χ3n) is 3.76. The monoisotopic (exact) mass is 245 g/mol. The summed E-state index contributed by atoms with van der Waals surface area (Å²) >= 11 is 1.92. The average Bonchev–Trinajstić information content (AvgIpc) is 2.57. The highest BCUT2D eigenvalue weighted by Crippen LogP contribution is 2.36. The molecule has 0 radical (unpaired) electrons. The van der Waals surface area contributed by atoms with E-state index in [1.165, 1.54) is 59.3 Å². The molecule has 0 unspecified atom stereocenters. The van der Waals surface area contributed by atoms with E-state index >= 15 is 0 Å². The van der Waals surface area contributed by atoms with Crippen LogP contribution in [0, 0.1) is 6.92 Å². The summed E-state index contributed by atoms with van der Waals surface area (Å²) in [5.41, 5.74) is 2.54. The first-order chi connectivity index (χ1) is 8.33. The van der Waals surface area contributed by atoms with Gasteiger partial charge < -0.3 is 0 Å². The SMILES string of the molecule is Cc1ccc2nc(C3CCCCCC3)sc2c1. The van der Waals surface area contributed by atoms with Gasteiger partial charge in [0, 0.05) is 5.92 Å². The number of hydrogen-bond donors (Lipinski definition) is 0. The zero-order valence-electron chi connectivity index (χ0n) is 10.4. The smallest absolute Gasteiger partial charge is 0.0969 e. The minimum absolute atomic E-state index is 0.732. The van der Waals surface area contributed by atoms with Gasteiger partial charge in [-0.2, -0.15) is 0 Å². The molecule has 1 nitrogen and oxygen atoms in total. The third kappa shape index (κ3) is 2.37. The normalized spacial score (nSPS) is 18.4. The van der Waals surface area contributed by atoms with Gasteiger partial charge in [0.25, 0.3) is 0 Å². The van der Waals surface area contributed by atoms with E-state index in [4.69, 9.17) is 4.98 Å². The second kappa shape index (κ2) is 4.77. The van der Waals surface area contributed by atoms with Crippen LogP contribution >= 0.6 is 11.3 Å². The van der Waals surface area contributed by atoms with Gasteiger partial charge in [0.15, 0.2) is 0 Å². The van der Waals surface area contributed by atoms with Crippen molar-refractivity contribution in [1.82, 2.24) is 4.98 Å². The molecule has 17 heavy (non-hydrogen) atoms. The van der Waals surface area contributed by atoms with Crippen LogP contribution in [-0.2, 0) is 0 Å².